The summed E-state index contributed by atoms with van der Waals surface area (Å²) in [5, 5.41) is 31.5. The molecular formula is C48H87NO11P+. The molecule has 0 bridgehead atoms. The molecule has 61 heavy (non-hydrogen) atoms. The van der Waals surface area contributed by atoms with E-state index < -0.39 is 50.8 Å². The molecule has 0 saturated heterocycles. The SMILES string of the molecule is CCCCCCCC/C=C\C/C=C\C/C=C\CCCC(=O)OC[C@H](COP(=O)(O)OCC[N+](C)(C)C)OC(=O)CCCCCC[C@@H]1[C@@H](/C=C/[C@@H](O)CCCCC)[C@H](O)C[C@@H]1O. The molecule has 1 saturated carbocycles. The average Bonchev–Trinajstić information content (AvgIpc) is 3.47. The summed E-state index contributed by atoms with van der Waals surface area (Å²) in [5.74, 6) is -1.30. The number of phosphoric ester groups is 1. The van der Waals surface area contributed by atoms with E-state index >= 15 is 0 Å². The predicted molar refractivity (Wildman–Crippen MR) is 245 cm³/mol. The lowest BCUT2D eigenvalue weighted by atomic mass is 9.88. The first-order valence-electron chi connectivity index (χ1n) is 23.6. The van der Waals surface area contributed by atoms with Crippen LogP contribution in [0.15, 0.2) is 48.6 Å². The number of allylic oxidation sites excluding steroid dienone is 6. The van der Waals surface area contributed by atoms with Crippen LogP contribution in [0.5, 0.6) is 0 Å². The minimum absolute atomic E-state index is 0.0158. The van der Waals surface area contributed by atoms with Gasteiger partial charge in [0, 0.05) is 25.2 Å². The second kappa shape index (κ2) is 35.2. The summed E-state index contributed by atoms with van der Waals surface area (Å²) in [6.07, 6.45) is 33.7. The maximum Gasteiger partial charge on any atom is 0.472 e. The van der Waals surface area contributed by atoms with Crippen LogP contribution >= 0.6 is 7.82 Å². The number of likely N-dealkylation sites (N-methyl/N-ethyl adjacent to an activating group) is 1. The van der Waals surface area contributed by atoms with E-state index in [0.29, 0.717) is 43.1 Å². The molecular weight excluding hydrogens is 797 g/mol. The Bertz CT molecular complexity index is 1300. The van der Waals surface area contributed by atoms with Gasteiger partial charge in [-0.2, -0.15) is 0 Å². The van der Waals surface area contributed by atoms with Crippen molar-refractivity contribution in [1.82, 2.24) is 0 Å². The van der Waals surface area contributed by atoms with Gasteiger partial charge in [-0.15, -0.1) is 0 Å². The fraction of sp³-hybridized carbons (Fsp3) is 0.792. The molecule has 0 aromatic heterocycles. The van der Waals surface area contributed by atoms with Crippen LogP contribution in [0.25, 0.3) is 0 Å². The average molecular weight is 885 g/mol. The van der Waals surface area contributed by atoms with Crippen LogP contribution in [0.2, 0.25) is 0 Å². The van der Waals surface area contributed by atoms with Crippen molar-refractivity contribution in [3.63, 3.8) is 0 Å². The van der Waals surface area contributed by atoms with Gasteiger partial charge in [0.05, 0.1) is 46.1 Å². The largest absolute Gasteiger partial charge is 0.472 e. The van der Waals surface area contributed by atoms with Crippen molar-refractivity contribution in [2.24, 2.45) is 11.8 Å². The number of carbonyl (C=O) groups is 2. The second-order valence-electron chi connectivity index (χ2n) is 17.8. The third-order valence-electron chi connectivity index (χ3n) is 10.9. The lowest BCUT2D eigenvalue weighted by Gasteiger charge is -2.24. The highest BCUT2D eigenvalue weighted by Gasteiger charge is 2.39. The van der Waals surface area contributed by atoms with Crippen molar-refractivity contribution in [3.8, 4) is 0 Å². The number of phosphoric acid groups is 1. The molecule has 1 fully saturated rings. The van der Waals surface area contributed by atoms with Gasteiger partial charge in [0.1, 0.15) is 19.8 Å². The van der Waals surface area contributed by atoms with Gasteiger partial charge in [-0.1, -0.05) is 133 Å². The summed E-state index contributed by atoms with van der Waals surface area (Å²) < 4.78 is 34.3. The van der Waals surface area contributed by atoms with Gasteiger partial charge in [0.15, 0.2) is 6.10 Å². The monoisotopic (exact) mass is 885 g/mol. The Morgan fingerprint density at radius 1 is 0.721 bits per heavy atom. The minimum atomic E-state index is -4.45. The maximum absolute atomic E-state index is 12.8. The molecule has 12 nitrogen and oxygen atoms in total. The van der Waals surface area contributed by atoms with Gasteiger partial charge in [0.2, 0.25) is 0 Å². The predicted octanol–water partition coefficient (Wildman–Crippen LogP) is 9.85. The third-order valence-corrected chi connectivity index (χ3v) is 11.9. The van der Waals surface area contributed by atoms with Gasteiger partial charge in [0.25, 0.3) is 0 Å². The number of esters is 2. The van der Waals surface area contributed by atoms with Crippen molar-refractivity contribution < 1.29 is 57.4 Å². The molecule has 1 rings (SSSR count). The van der Waals surface area contributed by atoms with Crippen LogP contribution in [0.1, 0.15) is 162 Å². The van der Waals surface area contributed by atoms with E-state index in [1.807, 2.05) is 33.3 Å². The van der Waals surface area contributed by atoms with Gasteiger partial charge < -0.3 is 34.2 Å². The first kappa shape index (κ1) is 56.9. The summed E-state index contributed by atoms with van der Waals surface area (Å²) in [6.45, 7) is 4.01. The molecule has 1 aliphatic rings. The van der Waals surface area contributed by atoms with Crippen molar-refractivity contribution in [3.05, 3.63) is 48.6 Å². The molecule has 0 spiro atoms. The third kappa shape index (κ3) is 32.2. The number of quaternary nitrogens is 1. The molecule has 0 aliphatic heterocycles. The molecule has 13 heteroatoms. The highest BCUT2D eigenvalue weighted by molar-refractivity contribution is 7.47. The van der Waals surface area contributed by atoms with Crippen molar-refractivity contribution >= 4 is 19.8 Å². The number of hydrogen-bond acceptors (Lipinski definition) is 10. The summed E-state index contributed by atoms with van der Waals surface area (Å²) >= 11 is 0. The lowest BCUT2D eigenvalue weighted by Crippen LogP contribution is -2.37. The number of hydrogen-bond donors (Lipinski definition) is 4. The van der Waals surface area contributed by atoms with Crippen LogP contribution < -0.4 is 0 Å². The van der Waals surface area contributed by atoms with Crippen molar-refractivity contribution in [1.29, 1.82) is 0 Å². The Hall–Kier alpha value is -2.15. The van der Waals surface area contributed by atoms with Gasteiger partial charge in [-0.05, 0) is 63.7 Å². The minimum Gasteiger partial charge on any atom is -0.462 e. The van der Waals surface area contributed by atoms with Crippen LogP contribution in [0.4, 0.5) is 0 Å². The molecule has 1 unspecified atom stereocenters. The zero-order valence-electron chi connectivity index (χ0n) is 38.7. The summed E-state index contributed by atoms with van der Waals surface area (Å²) in [6, 6.07) is 0. The van der Waals surface area contributed by atoms with Crippen molar-refractivity contribution in [2.75, 3.05) is 47.5 Å². The first-order valence-corrected chi connectivity index (χ1v) is 25.1. The molecule has 1 aliphatic carbocycles. The normalized spacial score (nSPS) is 20.6. The molecule has 7 atom stereocenters. The number of unbranched alkanes of at least 4 members (excludes halogenated alkanes) is 12. The smallest absolute Gasteiger partial charge is 0.462 e. The Labute approximate surface area is 370 Å². The van der Waals surface area contributed by atoms with E-state index in [1.54, 1.807) is 6.08 Å². The van der Waals surface area contributed by atoms with Crippen LogP contribution in [-0.4, -0.2) is 109 Å². The van der Waals surface area contributed by atoms with E-state index in [4.69, 9.17) is 18.5 Å². The summed E-state index contributed by atoms with van der Waals surface area (Å²) in [5.41, 5.74) is 0. The zero-order valence-corrected chi connectivity index (χ0v) is 39.6. The molecule has 0 aromatic carbocycles. The van der Waals surface area contributed by atoms with Gasteiger partial charge in [-0.25, -0.2) is 4.57 Å². The molecule has 0 amide bonds. The zero-order chi connectivity index (χ0) is 45.2. The standard InChI is InChI=1S/C48H86NO11P/c1-6-8-10-11-12-13-14-15-16-17-18-19-20-21-22-23-28-32-47(53)57-39-42(40-59-61(55,56)58-37-36-49(3,4)5)60-48(54)33-29-25-24-27-31-43-44(46(52)38-45(43)51)35-34-41(50)30-26-9-7-2/h15-16,18-19,21-22,34-35,41-46,50-52H,6-14,17,20,23-33,36-40H2,1-5H3/p+1/b16-15-,19-18-,22-21-,35-34+/t41-,42+,43+,44+,45-,46+/m0/s1. The molecule has 0 radical (unpaired) electrons. The quantitative estimate of drug-likeness (QED) is 0.0153. The maximum atomic E-state index is 12.8. The van der Waals surface area contributed by atoms with Gasteiger partial charge in [-0.3, -0.25) is 18.6 Å². The van der Waals surface area contributed by atoms with E-state index in [0.717, 1.165) is 64.2 Å². The van der Waals surface area contributed by atoms with E-state index in [1.165, 1.54) is 38.5 Å². The Morgan fingerprint density at radius 2 is 1.31 bits per heavy atom. The van der Waals surface area contributed by atoms with Crippen LogP contribution in [-0.2, 0) is 32.7 Å². The van der Waals surface area contributed by atoms with E-state index in [-0.39, 0.29) is 37.9 Å². The fourth-order valence-corrected chi connectivity index (χ4v) is 7.93. The molecule has 4 N–H and O–H groups in total. The second-order valence-corrected chi connectivity index (χ2v) is 19.2. The Kier molecular flexibility index (Phi) is 32.8. The topological polar surface area (TPSA) is 169 Å². The highest BCUT2D eigenvalue weighted by Crippen LogP contribution is 2.43. The first-order chi connectivity index (χ1) is 29.2. The van der Waals surface area contributed by atoms with E-state index in [2.05, 4.69) is 44.2 Å². The number of nitrogens with zero attached hydrogens (tertiary/aromatic N) is 1. The Balaban J connectivity index is 2.49. The fourth-order valence-electron chi connectivity index (χ4n) is 7.18. The van der Waals surface area contributed by atoms with Crippen LogP contribution in [0.3, 0.4) is 0 Å². The highest BCUT2D eigenvalue weighted by atomic mass is 31.2. The Morgan fingerprint density at radius 3 is 2.00 bits per heavy atom. The lowest BCUT2D eigenvalue weighted by molar-refractivity contribution is -0.870. The number of carbonyl (C=O) groups excluding carboxylic acids is 2. The van der Waals surface area contributed by atoms with Crippen molar-refractivity contribution in [2.45, 2.75) is 186 Å². The summed E-state index contributed by atoms with van der Waals surface area (Å²) in [7, 11) is 1.32. The number of aliphatic hydroxyl groups excluding tert-OH is 3. The van der Waals surface area contributed by atoms with E-state index in [9.17, 15) is 34.4 Å². The molecule has 0 heterocycles. The number of ether oxygens (including phenoxy) is 2. The molecule has 0 aromatic rings. The number of aliphatic hydroxyl groups is 3. The number of rotatable bonds is 38. The van der Waals surface area contributed by atoms with Gasteiger partial charge >= 0.3 is 19.8 Å². The van der Waals surface area contributed by atoms with Crippen LogP contribution in [0, 0.1) is 11.8 Å². The summed E-state index contributed by atoms with van der Waals surface area (Å²) in [4.78, 5) is 35.6. The molecule has 354 valence electrons.